The third kappa shape index (κ3) is 5.29. The van der Waals surface area contributed by atoms with Gasteiger partial charge in [-0.2, -0.15) is 0 Å². The minimum atomic E-state index is 0.0467. The topological polar surface area (TPSA) is 55.1 Å². The van der Waals surface area contributed by atoms with Gasteiger partial charge in [0.05, 0.1) is 5.69 Å². The molecule has 4 rings (SSSR count). The Morgan fingerprint density at radius 3 is 2.62 bits per heavy atom. The molecule has 2 saturated carbocycles. The van der Waals surface area contributed by atoms with Crippen molar-refractivity contribution in [1.82, 2.24) is 5.16 Å². The molecule has 4 heteroatoms. The molecule has 0 saturated heterocycles. The molecule has 0 unspecified atom stereocenters. The second kappa shape index (κ2) is 9.15. The summed E-state index contributed by atoms with van der Waals surface area (Å²) >= 11 is 0. The molecule has 1 aromatic heterocycles. The number of nitrogens with zero attached hydrogens (tertiary/aromatic N) is 1. The number of hydrogen-bond donors (Lipinski definition) is 1. The summed E-state index contributed by atoms with van der Waals surface area (Å²) in [6.45, 7) is 4.10. The van der Waals surface area contributed by atoms with Crippen molar-refractivity contribution in [1.29, 1.82) is 0 Å². The number of aromatic nitrogens is 1. The van der Waals surface area contributed by atoms with Gasteiger partial charge >= 0.3 is 0 Å². The first-order valence-electron chi connectivity index (χ1n) is 11.4. The zero-order valence-electron chi connectivity index (χ0n) is 17.9. The molecule has 2 fully saturated rings. The van der Waals surface area contributed by atoms with Crippen LogP contribution < -0.4 is 5.32 Å². The molecular weight excluding hydrogens is 360 g/mol. The molecule has 1 amide bonds. The Kier molecular flexibility index (Phi) is 6.37. The average Bonchev–Trinajstić information content (AvgIpc) is 3.48. The van der Waals surface area contributed by atoms with E-state index in [9.17, 15) is 4.79 Å². The number of carbonyl (C=O) groups excluding carboxylic acids is 1. The van der Waals surface area contributed by atoms with Crippen LogP contribution in [0.1, 0.15) is 91.8 Å². The molecule has 1 heterocycles. The van der Waals surface area contributed by atoms with Crippen LogP contribution in [0.2, 0.25) is 0 Å². The maximum Gasteiger partial charge on any atom is 0.224 e. The van der Waals surface area contributed by atoms with Crippen LogP contribution in [-0.4, -0.2) is 11.1 Å². The van der Waals surface area contributed by atoms with Gasteiger partial charge in [-0.15, -0.1) is 0 Å². The summed E-state index contributed by atoms with van der Waals surface area (Å²) in [5, 5.41) is 7.44. The van der Waals surface area contributed by atoms with Gasteiger partial charge in [-0.3, -0.25) is 4.79 Å². The summed E-state index contributed by atoms with van der Waals surface area (Å²) in [5.41, 5.74) is 5.56. The Morgan fingerprint density at radius 2 is 1.90 bits per heavy atom. The SMILES string of the molecule is Cc1ccc(NC(=O)CCc2noc(CCC3CCCCC3)c2C2CC2)c(C)c1. The highest BCUT2D eigenvalue weighted by Crippen LogP contribution is 2.44. The second-order valence-electron chi connectivity index (χ2n) is 9.15. The molecule has 1 N–H and O–H groups in total. The normalized spacial score (nSPS) is 17.4. The molecule has 0 aliphatic heterocycles. The van der Waals surface area contributed by atoms with Gasteiger partial charge in [0.2, 0.25) is 5.91 Å². The quantitative estimate of drug-likeness (QED) is 0.575. The summed E-state index contributed by atoms with van der Waals surface area (Å²) in [7, 11) is 0. The summed E-state index contributed by atoms with van der Waals surface area (Å²) in [4.78, 5) is 12.5. The number of rotatable bonds is 8. The molecule has 156 valence electrons. The van der Waals surface area contributed by atoms with Crippen molar-refractivity contribution in [3.05, 3.63) is 46.3 Å². The van der Waals surface area contributed by atoms with Crippen molar-refractivity contribution >= 4 is 11.6 Å². The molecule has 4 nitrogen and oxygen atoms in total. The van der Waals surface area contributed by atoms with Gasteiger partial charge in [0.1, 0.15) is 5.76 Å². The number of benzene rings is 1. The van der Waals surface area contributed by atoms with Gasteiger partial charge in [-0.1, -0.05) is 55.0 Å². The minimum absolute atomic E-state index is 0.0467. The highest BCUT2D eigenvalue weighted by Gasteiger charge is 2.32. The highest BCUT2D eigenvalue weighted by atomic mass is 16.5. The zero-order valence-corrected chi connectivity index (χ0v) is 17.9. The van der Waals surface area contributed by atoms with E-state index in [0.717, 1.165) is 35.0 Å². The first-order chi connectivity index (χ1) is 14.1. The van der Waals surface area contributed by atoms with Crippen LogP contribution in [0.5, 0.6) is 0 Å². The minimum Gasteiger partial charge on any atom is -0.361 e. The van der Waals surface area contributed by atoms with E-state index in [0.29, 0.717) is 18.8 Å². The average molecular weight is 395 g/mol. The number of nitrogens with one attached hydrogen (secondary N) is 1. The summed E-state index contributed by atoms with van der Waals surface area (Å²) < 4.78 is 5.79. The van der Waals surface area contributed by atoms with E-state index in [1.807, 2.05) is 19.1 Å². The lowest BCUT2D eigenvalue weighted by Crippen LogP contribution is -2.13. The Morgan fingerprint density at radius 1 is 1.10 bits per heavy atom. The molecule has 0 radical (unpaired) electrons. The molecule has 2 aromatic rings. The van der Waals surface area contributed by atoms with E-state index in [2.05, 4.69) is 23.5 Å². The van der Waals surface area contributed by atoms with Crippen LogP contribution in [0.4, 0.5) is 5.69 Å². The number of carbonyl (C=O) groups is 1. The Bertz CT molecular complexity index is 845. The summed E-state index contributed by atoms with van der Waals surface area (Å²) in [6.07, 6.45) is 12.7. The maximum absolute atomic E-state index is 12.5. The smallest absolute Gasteiger partial charge is 0.224 e. The number of hydrogen-bond acceptors (Lipinski definition) is 3. The fraction of sp³-hybridized carbons (Fsp3) is 0.600. The van der Waals surface area contributed by atoms with Crippen molar-refractivity contribution < 1.29 is 9.32 Å². The number of anilines is 1. The lowest BCUT2D eigenvalue weighted by Gasteiger charge is -2.20. The fourth-order valence-corrected chi connectivity index (χ4v) is 4.77. The van der Waals surface area contributed by atoms with Gasteiger partial charge in [-0.25, -0.2) is 0 Å². The molecule has 1 aromatic carbocycles. The van der Waals surface area contributed by atoms with Gasteiger partial charge in [0.25, 0.3) is 0 Å². The third-order valence-corrected chi connectivity index (χ3v) is 6.61. The van der Waals surface area contributed by atoms with Crippen molar-refractivity contribution in [2.45, 2.75) is 90.4 Å². The second-order valence-corrected chi connectivity index (χ2v) is 9.15. The summed E-state index contributed by atoms with van der Waals surface area (Å²) in [5.74, 6) is 2.61. The number of aryl methyl sites for hydroxylation is 4. The van der Waals surface area contributed by atoms with Gasteiger partial charge in [-0.05, 0) is 56.6 Å². The fourth-order valence-electron chi connectivity index (χ4n) is 4.77. The van der Waals surface area contributed by atoms with E-state index >= 15 is 0 Å². The molecule has 0 bridgehead atoms. The molecule has 0 atom stereocenters. The highest BCUT2D eigenvalue weighted by molar-refractivity contribution is 5.91. The third-order valence-electron chi connectivity index (χ3n) is 6.61. The van der Waals surface area contributed by atoms with E-state index in [1.54, 1.807) is 0 Å². The number of amides is 1. The van der Waals surface area contributed by atoms with E-state index in [-0.39, 0.29) is 5.91 Å². The predicted molar refractivity (Wildman–Crippen MR) is 116 cm³/mol. The first kappa shape index (κ1) is 20.2. The van der Waals surface area contributed by atoms with E-state index < -0.39 is 0 Å². The Labute approximate surface area is 174 Å². The van der Waals surface area contributed by atoms with Crippen LogP contribution in [-0.2, 0) is 17.6 Å². The van der Waals surface area contributed by atoms with Gasteiger partial charge in [0, 0.05) is 30.5 Å². The molecule has 2 aliphatic rings. The van der Waals surface area contributed by atoms with Crippen molar-refractivity contribution in [2.75, 3.05) is 5.32 Å². The molecule has 29 heavy (non-hydrogen) atoms. The van der Waals surface area contributed by atoms with Crippen LogP contribution in [0, 0.1) is 19.8 Å². The van der Waals surface area contributed by atoms with E-state index in [4.69, 9.17) is 4.52 Å². The Hall–Kier alpha value is -2.10. The molecule has 2 aliphatic carbocycles. The zero-order chi connectivity index (χ0) is 20.2. The predicted octanol–water partition coefficient (Wildman–Crippen LogP) is 6.25. The lowest BCUT2D eigenvalue weighted by molar-refractivity contribution is -0.116. The van der Waals surface area contributed by atoms with Gasteiger partial charge < -0.3 is 9.84 Å². The van der Waals surface area contributed by atoms with Gasteiger partial charge in [0.15, 0.2) is 0 Å². The van der Waals surface area contributed by atoms with Crippen LogP contribution in [0.25, 0.3) is 0 Å². The lowest BCUT2D eigenvalue weighted by atomic mass is 9.85. The molecule has 0 spiro atoms. The Balaban J connectivity index is 1.34. The van der Waals surface area contributed by atoms with Crippen molar-refractivity contribution in [3.63, 3.8) is 0 Å². The van der Waals surface area contributed by atoms with Crippen molar-refractivity contribution in [3.8, 4) is 0 Å². The first-order valence-corrected chi connectivity index (χ1v) is 11.4. The van der Waals surface area contributed by atoms with E-state index in [1.165, 1.54) is 62.5 Å². The largest absolute Gasteiger partial charge is 0.361 e. The van der Waals surface area contributed by atoms with Crippen LogP contribution >= 0.6 is 0 Å². The monoisotopic (exact) mass is 394 g/mol. The maximum atomic E-state index is 12.5. The van der Waals surface area contributed by atoms with Crippen molar-refractivity contribution in [2.24, 2.45) is 5.92 Å². The molecular formula is C25H34N2O2. The standard InChI is InChI=1S/C25H34N2O2/c1-17-8-12-21(18(2)16-17)26-24(28)15-13-22-25(20-10-11-20)23(29-27-22)14-9-19-6-4-3-5-7-19/h8,12,16,19-20H,3-7,9-11,13-15H2,1-2H3,(H,26,28). The summed E-state index contributed by atoms with van der Waals surface area (Å²) in [6, 6.07) is 6.11. The van der Waals surface area contributed by atoms with Crippen LogP contribution in [0.3, 0.4) is 0 Å². The van der Waals surface area contributed by atoms with Crippen LogP contribution in [0.15, 0.2) is 22.7 Å².